The van der Waals surface area contributed by atoms with Crippen LogP contribution in [0.4, 0.5) is 0 Å². The number of nitrogens with one attached hydrogen (secondary N) is 1. The first-order valence-corrected chi connectivity index (χ1v) is 13.0. The molecule has 0 amide bonds. The SMILES string of the molecule is CCS(=O)(=O)N(CCNS(C)(=O)=O)C1CCN2CCc3ccccc3C2C1. The highest BCUT2D eigenvalue weighted by molar-refractivity contribution is 7.89. The topological polar surface area (TPSA) is 86.8 Å². The van der Waals surface area contributed by atoms with E-state index in [4.69, 9.17) is 0 Å². The van der Waals surface area contributed by atoms with E-state index in [2.05, 4.69) is 27.8 Å². The molecule has 1 aromatic rings. The molecular weight excluding hydrogens is 386 g/mol. The molecule has 0 spiro atoms. The van der Waals surface area contributed by atoms with Crippen LogP contribution in [0.2, 0.25) is 0 Å². The fourth-order valence-corrected chi connectivity index (χ4v) is 6.06. The zero-order valence-electron chi connectivity index (χ0n) is 16.0. The molecule has 0 bridgehead atoms. The summed E-state index contributed by atoms with van der Waals surface area (Å²) >= 11 is 0. The van der Waals surface area contributed by atoms with Gasteiger partial charge in [0.05, 0.1) is 12.0 Å². The number of rotatable bonds is 7. The van der Waals surface area contributed by atoms with Crippen LogP contribution >= 0.6 is 0 Å². The second-order valence-corrected chi connectivity index (χ2v) is 11.4. The minimum absolute atomic E-state index is 0.0212. The van der Waals surface area contributed by atoms with Crippen LogP contribution in [-0.2, 0) is 26.5 Å². The molecule has 0 saturated carbocycles. The van der Waals surface area contributed by atoms with Gasteiger partial charge in [0, 0.05) is 38.3 Å². The lowest BCUT2D eigenvalue weighted by molar-refractivity contribution is 0.0911. The molecule has 152 valence electrons. The Bertz CT molecular complexity index is 870. The minimum atomic E-state index is -3.41. The second-order valence-electron chi connectivity index (χ2n) is 7.36. The number of benzene rings is 1. The highest BCUT2D eigenvalue weighted by Gasteiger charge is 2.38. The van der Waals surface area contributed by atoms with Crippen molar-refractivity contribution in [1.82, 2.24) is 13.9 Å². The zero-order valence-corrected chi connectivity index (χ0v) is 17.6. The molecule has 1 N–H and O–H groups in total. The third-order valence-electron chi connectivity index (χ3n) is 5.59. The molecule has 2 atom stereocenters. The van der Waals surface area contributed by atoms with E-state index in [1.165, 1.54) is 15.4 Å². The molecule has 2 aliphatic heterocycles. The van der Waals surface area contributed by atoms with Gasteiger partial charge in [-0.1, -0.05) is 24.3 Å². The van der Waals surface area contributed by atoms with Crippen LogP contribution in [0.5, 0.6) is 0 Å². The summed E-state index contributed by atoms with van der Waals surface area (Å²) in [6.45, 7) is 3.77. The van der Waals surface area contributed by atoms with Gasteiger partial charge in [-0.15, -0.1) is 0 Å². The molecule has 3 rings (SSSR count). The van der Waals surface area contributed by atoms with Crippen LogP contribution in [-0.4, -0.2) is 70.3 Å². The summed E-state index contributed by atoms with van der Waals surface area (Å²) in [5, 5.41) is 0. The molecule has 1 saturated heterocycles. The summed E-state index contributed by atoms with van der Waals surface area (Å²) < 4.78 is 52.0. The zero-order chi connectivity index (χ0) is 19.7. The Labute approximate surface area is 162 Å². The van der Waals surface area contributed by atoms with E-state index >= 15 is 0 Å². The van der Waals surface area contributed by atoms with E-state index in [0.29, 0.717) is 0 Å². The van der Waals surface area contributed by atoms with Crippen LogP contribution in [0, 0.1) is 0 Å². The molecule has 1 aromatic carbocycles. The number of nitrogens with zero attached hydrogens (tertiary/aromatic N) is 2. The van der Waals surface area contributed by atoms with Crippen molar-refractivity contribution in [2.45, 2.75) is 38.3 Å². The van der Waals surface area contributed by atoms with Crippen LogP contribution < -0.4 is 4.72 Å². The molecule has 2 heterocycles. The first-order chi connectivity index (χ1) is 12.7. The maximum atomic E-state index is 12.7. The second kappa shape index (κ2) is 8.16. The molecule has 2 aliphatic rings. The number of hydrogen-bond acceptors (Lipinski definition) is 5. The van der Waals surface area contributed by atoms with Crippen LogP contribution in [0.15, 0.2) is 24.3 Å². The molecule has 9 heteroatoms. The molecule has 2 unspecified atom stereocenters. The van der Waals surface area contributed by atoms with Gasteiger partial charge in [0.1, 0.15) is 0 Å². The number of fused-ring (bicyclic) bond motifs is 3. The van der Waals surface area contributed by atoms with Gasteiger partial charge in [0.25, 0.3) is 0 Å². The van der Waals surface area contributed by atoms with Crippen LogP contribution in [0.25, 0.3) is 0 Å². The van der Waals surface area contributed by atoms with Crippen molar-refractivity contribution >= 4 is 20.0 Å². The van der Waals surface area contributed by atoms with Crippen molar-refractivity contribution in [3.8, 4) is 0 Å². The first-order valence-electron chi connectivity index (χ1n) is 9.47. The molecular formula is C18H29N3O4S2. The van der Waals surface area contributed by atoms with Crippen molar-refractivity contribution in [2.75, 3.05) is 38.2 Å². The lowest BCUT2D eigenvalue weighted by atomic mass is 9.85. The van der Waals surface area contributed by atoms with Gasteiger partial charge >= 0.3 is 0 Å². The summed E-state index contributed by atoms with van der Waals surface area (Å²) in [4.78, 5) is 2.45. The Morgan fingerprint density at radius 1 is 1.19 bits per heavy atom. The van der Waals surface area contributed by atoms with Crippen LogP contribution in [0.1, 0.15) is 36.9 Å². The van der Waals surface area contributed by atoms with E-state index < -0.39 is 20.0 Å². The van der Waals surface area contributed by atoms with Gasteiger partial charge in [-0.25, -0.2) is 21.6 Å². The summed E-state index contributed by atoms with van der Waals surface area (Å²) in [6.07, 6.45) is 3.64. The van der Waals surface area contributed by atoms with Crippen molar-refractivity contribution in [2.24, 2.45) is 0 Å². The Kier molecular flexibility index (Phi) is 6.27. The maximum absolute atomic E-state index is 12.7. The van der Waals surface area contributed by atoms with Crippen molar-refractivity contribution in [1.29, 1.82) is 0 Å². The summed E-state index contributed by atoms with van der Waals surface area (Å²) in [7, 11) is -6.75. The summed E-state index contributed by atoms with van der Waals surface area (Å²) in [5.74, 6) is 0.0212. The Morgan fingerprint density at radius 2 is 1.93 bits per heavy atom. The van der Waals surface area contributed by atoms with E-state index in [0.717, 1.165) is 38.6 Å². The van der Waals surface area contributed by atoms with Gasteiger partial charge < -0.3 is 0 Å². The van der Waals surface area contributed by atoms with E-state index in [9.17, 15) is 16.8 Å². The minimum Gasteiger partial charge on any atom is -0.296 e. The average Bonchev–Trinajstić information content (AvgIpc) is 2.64. The monoisotopic (exact) mass is 415 g/mol. The highest BCUT2D eigenvalue weighted by atomic mass is 32.2. The van der Waals surface area contributed by atoms with Gasteiger partial charge in [0.2, 0.25) is 20.0 Å². The molecule has 7 nitrogen and oxygen atoms in total. The number of sulfonamides is 2. The Morgan fingerprint density at radius 3 is 2.63 bits per heavy atom. The summed E-state index contributed by atoms with van der Waals surface area (Å²) in [6, 6.07) is 8.53. The maximum Gasteiger partial charge on any atom is 0.214 e. The van der Waals surface area contributed by atoms with Crippen molar-refractivity contribution < 1.29 is 16.8 Å². The lowest BCUT2D eigenvalue weighted by Crippen LogP contribution is -2.52. The number of hydrogen-bond donors (Lipinski definition) is 1. The first kappa shape index (κ1) is 20.7. The Hall–Kier alpha value is -1.00. The Balaban J connectivity index is 1.80. The van der Waals surface area contributed by atoms with Crippen molar-refractivity contribution in [3.63, 3.8) is 0 Å². The number of piperidine rings is 1. The molecule has 1 fully saturated rings. The van der Waals surface area contributed by atoms with Gasteiger partial charge in [-0.3, -0.25) is 4.90 Å². The average molecular weight is 416 g/mol. The predicted molar refractivity (Wildman–Crippen MR) is 106 cm³/mol. The molecule has 0 radical (unpaired) electrons. The van der Waals surface area contributed by atoms with Crippen LogP contribution in [0.3, 0.4) is 0 Å². The van der Waals surface area contributed by atoms with E-state index in [1.54, 1.807) is 6.92 Å². The standard InChI is InChI=1S/C18H29N3O4S2/c1-3-27(24,25)21(13-10-19-26(2,22)23)16-9-12-20-11-8-15-6-4-5-7-17(15)18(20)14-16/h4-7,16,18-19H,3,8-14H2,1-2H3. The smallest absolute Gasteiger partial charge is 0.214 e. The summed E-state index contributed by atoms with van der Waals surface area (Å²) in [5.41, 5.74) is 2.65. The predicted octanol–water partition coefficient (Wildman–Crippen LogP) is 0.949. The molecule has 0 aromatic heterocycles. The molecule has 0 aliphatic carbocycles. The lowest BCUT2D eigenvalue weighted by Gasteiger charge is -2.46. The van der Waals surface area contributed by atoms with Gasteiger partial charge in [0.15, 0.2) is 0 Å². The van der Waals surface area contributed by atoms with Gasteiger partial charge in [-0.2, -0.15) is 4.31 Å². The molecule has 27 heavy (non-hydrogen) atoms. The fraction of sp³-hybridized carbons (Fsp3) is 0.667. The largest absolute Gasteiger partial charge is 0.296 e. The quantitative estimate of drug-likeness (QED) is 0.716. The van der Waals surface area contributed by atoms with Gasteiger partial charge in [-0.05, 0) is 37.3 Å². The highest BCUT2D eigenvalue weighted by Crippen LogP contribution is 2.38. The van der Waals surface area contributed by atoms with Crippen molar-refractivity contribution in [3.05, 3.63) is 35.4 Å². The van der Waals surface area contributed by atoms with E-state index in [1.807, 2.05) is 6.07 Å². The normalized spacial score (nSPS) is 23.8. The third-order valence-corrected chi connectivity index (χ3v) is 8.25. The van der Waals surface area contributed by atoms with E-state index in [-0.39, 0.29) is 30.9 Å². The third kappa shape index (κ3) is 4.89. The fourth-order valence-electron chi connectivity index (χ4n) is 4.26.